The number of cyclic esters (lactones) is 1. The summed E-state index contributed by atoms with van der Waals surface area (Å²) < 4.78 is 23.1. The summed E-state index contributed by atoms with van der Waals surface area (Å²) in [4.78, 5) is 52.7. The van der Waals surface area contributed by atoms with Gasteiger partial charge < -0.3 is 49.6 Å². The van der Waals surface area contributed by atoms with Gasteiger partial charge in [0, 0.05) is 78.7 Å². The summed E-state index contributed by atoms with van der Waals surface area (Å²) in [7, 11) is 5.99. The van der Waals surface area contributed by atoms with Crippen molar-refractivity contribution in [1.82, 2.24) is 19.7 Å². The second kappa shape index (κ2) is 29.4. The predicted molar refractivity (Wildman–Crippen MR) is 213 cm³/mol. The first kappa shape index (κ1) is 51.0. The number of ether oxygens (including phenoxy) is 4. The molecule has 0 unspecified atom stereocenters. The van der Waals surface area contributed by atoms with Crippen LogP contribution >= 0.6 is 0 Å². The fourth-order valence-corrected chi connectivity index (χ4v) is 4.23. The summed E-state index contributed by atoms with van der Waals surface area (Å²) in [6.07, 6.45) is 6.15. The van der Waals surface area contributed by atoms with E-state index in [1.54, 1.807) is 53.8 Å². The summed E-state index contributed by atoms with van der Waals surface area (Å²) in [6.45, 7) is 9.85. The molecule has 19 nitrogen and oxygen atoms in total. The van der Waals surface area contributed by atoms with Crippen LogP contribution in [0, 0.1) is 20.8 Å². The molecule has 8 N–H and O–H groups in total. The molecular weight excluding hydrogens is 742 g/mol. The number of hydrogen-bond donors (Lipinski definition) is 5. The molecule has 4 rings (SSSR count). The van der Waals surface area contributed by atoms with Gasteiger partial charge in [0.15, 0.2) is 0 Å². The third kappa shape index (κ3) is 21.7. The smallest absolute Gasteiger partial charge is 0.412 e. The molecule has 57 heavy (non-hydrogen) atoms. The van der Waals surface area contributed by atoms with E-state index in [0.717, 1.165) is 36.8 Å². The number of carbonyl (C=O) groups is 4. The van der Waals surface area contributed by atoms with Crippen LogP contribution in [0.4, 0.5) is 31.8 Å². The Hall–Kier alpha value is -5.95. The van der Waals surface area contributed by atoms with Crippen molar-refractivity contribution < 1.29 is 57.5 Å². The molecule has 1 saturated heterocycles. The highest BCUT2D eigenvalue weighted by Gasteiger charge is 2.15. The number of hydrogen-bond acceptors (Lipinski definition) is 14. The molecular formula is C38H63N9O10+2. The number of pyridine rings is 3. The van der Waals surface area contributed by atoms with Gasteiger partial charge in [-0.25, -0.2) is 19.4 Å². The minimum Gasteiger partial charge on any atom is -0.466 e. The first-order chi connectivity index (χ1) is 27.1. The van der Waals surface area contributed by atoms with Crippen LogP contribution in [-0.4, -0.2) is 122 Å². The Morgan fingerprint density at radius 1 is 0.842 bits per heavy atom. The van der Waals surface area contributed by atoms with E-state index in [-0.39, 0.29) is 38.7 Å². The fourth-order valence-electron chi connectivity index (χ4n) is 4.23. The Morgan fingerprint density at radius 2 is 1.33 bits per heavy atom. The van der Waals surface area contributed by atoms with Gasteiger partial charge in [-0.05, 0) is 75.9 Å². The zero-order chi connectivity index (χ0) is 43.3. The largest absolute Gasteiger partial charge is 0.466 e. The second-order valence-electron chi connectivity index (χ2n) is 12.4. The van der Waals surface area contributed by atoms with Crippen LogP contribution < -0.4 is 26.3 Å². The lowest BCUT2D eigenvalue weighted by molar-refractivity contribution is -0.714. The van der Waals surface area contributed by atoms with Crippen molar-refractivity contribution in [2.45, 2.75) is 60.4 Å². The van der Waals surface area contributed by atoms with E-state index in [4.69, 9.17) is 41.6 Å². The highest BCUT2D eigenvalue weighted by molar-refractivity contribution is 5.68. The highest BCUT2D eigenvalue weighted by atomic mass is 16.6. The van der Waals surface area contributed by atoms with Gasteiger partial charge in [-0.1, -0.05) is 6.07 Å². The van der Waals surface area contributed by atoms with E-state index in [2.05, 4.69) is 9.72 Å². The van der Waals surface area contributed by atoms with Crippen molar-refractivity contribution in [2.75, 3.05) is 84.9 Å². The average Bonchev–Trinajstić information content (AvgIpc) is 3.20. The third-order valence-corrected chi connectivity index (χ3v) is 7.75. The molecule has 4 heterocycles. The van der Waals surface area contributed by atoms with Crippen molar-refractivity contribution in [2.24, 2.45) is 0 Å². The summed E-state index contributed by atoms with van der Waals surface area (Å²) in [5.41, 5.74) is 20.0. The van der Waals surface area contributed by atoms with Crippen molar-refractivity contribution in [1.29, 1.82) is 0 Å². The van der Waals surface area contributed by atoms with Crippen LogP contribution in [0.3, 0.4) is 0 Å². The number of anilines is 3. The number of nitrogen functional groups attached to an aromatic ring is 3. The first-order valence-corrected chi connectivity index (χ1v) is 18.1. The molecule has 0 radical (unpaired) electrons. The molecule has 19 heteroatoms. The van der Waals surface area contributed by atoms with E-state index in [9.17, 15) is 19.2 Å². The Bertz CT molecular complexity index is 1630. The fraction of sp³-hybridized carbons (Fsp3) is 0.500. The molecule has 1 aliphatic heterocycles. The Balaban J connectivity index is 0.000000778. The molecule has 3 aromatic rings. The monoisotopic (exact) mass is 805 g/mol. The van der Waals surface area contributed by atoms with E-state index >= 15 is 0 Å². The zero-order valence-electron chi connectivity index (χ0n) is 34.6. The van der Waals surface area contributed by atoms with Gasteiger partial charge in [-0.2, -0.15) is 9.13 Å². The molecule has 3 amide bonds. The maximum absolute atomic E-state index is 11.8. The number of rotatable bonds is 11. The Kier molecular flexibility index (Phi) is 26.3. The molecule has 0 atom stereocenters. The number of aryl methyl sites for hydroxylation is 3. The molecule has 0 aliphatic carbocycles. The number of aliphatic hydroxyl groups is 2. The number of nitrogens with two attached hydrogens (primary N) is 3. The predicted octanol–water partition coefficient (Wildman–Crippen LogP) is 2.16. The van der Waals surface area contributed by atoms with Gasteiger partial charge in [-0.15, -0.1) is 0 Å². The van der Waals surface area contributed by atoms with E-state index in [1.807, 2.05) is 57.2 Å². The number of carbonyl (C=O) groups excluding carboxylic acids is 4. The quantitative estimate of drug-likeness (QED) is 0.0806. The maximum atomic E-state index is 11.8. The summed E-state index contributed by atoms with van der Waals surface area (Å²) in [6, 6.07) is 11.3. The average molecular weight is 806 g/mol. The van der Waals surface area contributed by atoms with Crippen LogP contribution in [0.15, 0.2) is 55.0 Å². The standard InChI is InChI=1S/C14H21N3O4.C12H19N3O3.C6H8N2.C5H9NO2.CH4O/c1-11-6-4-8-17(13(11)15)10-21-14(19)16(3)7-5-9-20-12(2)18;1-10-5-3-7-15(11(10)13)9-18-12(17)14(2)6-4-8-16;1-5-3-2-4-8-6(5)7;1-6-3-2-4-8-5(6)7;1-2/h4,6,8,15H,5,7,9-10H2,1-3H3;3,5,7,13,16H,4,6,8-9H2,1-2H3;2-4H,1H3,(H2,7,8);2-4H2,1H3;2H,1H3/p+2. The molecule has 0 bridgehead atoms. The molecule has 1 aliphatic rings. The van der Waals surface area contributed by atoms with Crippen LogP contribution in [0.25, 0.3) is 0 Å². The minimum atomic E-state index is -0.453. The topological polar surface area (TPSA) is 254 Å². The maximum Gasteiger partial charge on any atom is 0.412 e. The number of amides is 3. The number of aliphatic hydroxyl groups excluding tert-OH is 2. The van der Waals surface area contributed by atoms with Crippen LogP contribution in [0.5, 0.6) is 0 Å². The van der Waals surface area contributed by atoms with Crippen LogP contribution in [0.2, 0.25) is 0 Å². The van der Waals surface area contributed by atoms with Gasteiger partial charge in [0.1, 0.15) is 5.82 Å². The van der Waals surface area contributed by atoms with Crippen molar-refractivity contribution in [3.05, 3.63) is 71.7 Å². The molecule has 318 valence electrons. The van der Waals surface area contributed by atoms with Crippen LogP contribution in [0.1, 0.15) is 42.9 Å². The highest BCUT2D eigenvalue weighted by Crippen LogP contribution is 2.05. The summed E-state index contributed by atoms with van der Waals surface area (Å²) >= 11 is 0. The molecule has 0 aromatic carbocycles. The van der Waals surface area contributed by atoms with Crippen molar-refractivity contribution in [3.8, 4) is 0 Å². The number of esters is 1. The third-order valence-electron chi connectivity index (χ3n) is 7.75. The summed E-state index contributed by atoms with van der Waals surface area (Å²) in [5, 5.41) is 15.7. The van der Waals surface area contributed by atoms with Crippen molar-refractivity contribution in [3.63, 3.8) is 0 Å². The van der Waals surface area contributed by atoms with Gasteiger partial charge in [0.25, 0.3) is 11.6 Å². The van der Waals surface area contributed by atoms with Gasteiger partial charge in [-0.3, -0.25) is 16.3 Å². The lowest BCUT2D eigenvalue weighted by Gasteiger charge is -2.21. The normalized spacial score (nSPS) is 11.2. The van der Waals surface area contributed by atoms with E-state index in [0.29, 0.717) is 50.0 Å². The Morgan fingerprint density at radius 3 is 1.72 bits per heavy atom. The molecule has 1 fully saturated rings. The SMILES string of the molecule is CC(=O)OCCCN(C)C(=O)OC[n+]1cccc(C)c1N.CN1CCCOC1=O.CO.Cc1ccc[n+](COC(=O)N(C)CCCO)c1N.Cc1cccnc1N. The zero-order valence-corrected chi connectivity index (χ0v) is 34.6. The Labute approximate surface area is 335 Å². The second-order valence-corrected chi connectivity index (χ2v) is 12.4. The number of aromatic nitrogens is 3. The van der Waals surface area contributed by atoms with Gasteiger partial charge in [0.2, 0.25) is 13.5 Å². The van der Waals surface area contributed by atoms with Crippen molar-refractivity contribution >= 4 is 41.7 Å². The van der Waals surface area contributed by atoms with Gasteiger partial charge >= 0.3 is 24.2 Å². The van der Waals surface area contributed by atoms with E-state index < -0.39 is 12.2 Å². The van der Waals surface area contributed by atoms with Crippen LogP contribution in [-0.2, 0) is 37.2 Å². The molecule has 0 saturated carbocycles. The number of nitrogens with zero attached hydrogens (tertiary/aromatic N) is 6. The lowest BCUT2D eigenvalue weighted by Crippen LogP contribution is -2.41. The van der Waals surface area contributed by atoms with E-state index in [1.165, 1.54) is 16.7 Å². The first-order valence-electron chi connectivity index (χ1n) is 18.1. The molecule has 3 aromatic heterocycles. The lowest BCUT2D eigenvalue weighted by atomic mass is 10.3. The molecule has 0 spiro atoms. The van der Waals surface area contributed by atoms with Gasteiger partial charge in [0.05, 0.1) is 25.6 Å². The minimum absolute atomic E-state index is 0.0528. The summed E-state index contributed by atoms with van der Waals surface area (Å²) in [5.74, 6) is 1.42.